The quantitative estimate of drug-likeness (QED) is 0.470. The molecule has 0 aliphatic rings. The molecule has 2 rings (SSSR count). The molecular formula is C27H37BrN2O3. The van der Waals surface area contributed by atoms with Crippen LogP contribution < -0.4 is 10.1 Å². The highest BCUT2D eigenvalue weighted by Crippen LogP contribution is 2.31. The Balaban J connectivity index is 2.17. The zero-order chi connectivity index (χ0) is 24.8. The molecule has 0 spiro atoms. The Morgan fingerprint density at radius 2 is 1.79 bits per heavy atom. The van der Waals surface area contributed by atoms with Gasteiger partial charge in [-0.1, -0.05) is 70.5 Å². The third-order valence-electron chi connectivity index (χ3n) is 5.44. The molecule has 0 aliphatic heterocycles. The molecule has 2 amide bonds. The molecule has 0 heterocycles. The lowest BCUT2D eigenvalue weighted by molar-refractivity contribution is -0.142. The Morgan fingerprint density at radius 1 is 1.09 bits per heavy atom. The van der Waals surface area contributed by atoms with Crippen molar-refractivity contribution in [1.82, 2.24) is 10.2 Å². The van der Waals surface area contributed by atoms with E-state index in [-0.39, 0.29) is 23.8 Å². The molecule has 2 aromatic rings. The van der Waals surface area contributed by atoms with Crippen LogP contribution in [-0.4, -0.2) is 35.9 Å². The van der Waals surface area contributed by atoms with Crippen molar-refractivity contribution in [2.75, 3.05) is 13.2 Å². The van der Waals surface area contributed by atoms with Gasteiger partial charge in [0.15, 0.2) is 6.61 Å². The van der Waals surface area contributed by atoms with Gasteiger partial charge in [0.25, 0.3) is 5.91 Å². The van der Waals surface area contributed by atoms with E-state index in [1.807, 2.05) is 63.2 Å². The number of aryl methyl sites for hydroxylation is 1. The molecule has 0 aromatic heterocycles. The van der Waals surface area contributed by atoms with Crippen molar-refractivity contribution in [2.45, 2.75) is 66.5 Å². The minimum atomic E-state index is -0.618. The van der Waals surface area contributed by atoms with Gasteiger partial charge in [-0.05, 0) is 64.4 Å². The van der Waals surface area contributed by atoms with E-state index in [0.29, 0.717) is 24.8 Å². The normalized spacial score (nSPS) is 12.4. The molecule has 0 fully saturated rings. The minimum absolute atomic E-state index is 0.0141. The first kappa shape index (κ1) is 26.9. The molecule has 6 heteroatoms. The molecule has 1 N–H and O–H groups in total. The van der Waals surface area contributed by atoms with E-state index < -0.39 is 6.04 Å². The van der Waals surface area contributed by atoms with Crippen molar-refractivity contribution < 1.29 is 14.3 Å². The highest BCUT2D eigenvalue weighted by Gasteiger charge is 2.27. The van der Waals surface area contributed by atoms with Crippen molar-refractivity contribution >= 4 is 27.7 Å². The Kier molecular flexibility index (Phi) is 9.53. The number of nitrogens with zero attached hydrogens (tertiary/aromatic N) is 1. The zero-order valence-electron chi connectivity index (χ0n) is 20.9. The summed E-state index contributed by atoms with van der Waals surface area (Å²) in [6.07, 6.45) is 0. The van der Waals surface area contributed by atoms with Crippen molar-refractivity contribution in [3.63, 3.8) is 0 Å². The number of nitrogens with one attached hydrogen (secondary N) is 1. The van der Waals surface area contributed by atoms with Crippen LogP contribution in [0.15, 0.2) is 46.9 Å². The van der Waals surface area contributed by atoms with E-state index in [2.05, 4.69) is 42.0 Å². The van der Waals surface area contributed by atoms with Gasteiger partial charge in [0.1, 0.15) is 11.8 Å². The van der Waals surface area contributed by atoms with Gasteiger partial charge in [0.05, 0.1) is 4.47 Å². The summed E-state index contributed by atoms with van der Waals surface area (Å²) < 4.78 is 6.67. The molecule has 0 radical (unpaired) electrons. The summed E-state index contributed by atoms with van der Waals surface area (Å²) in [7, 11) is 0. The zero-order valence-corrected chi connectivity index (χ0v) is 22.5. The molecule has 0 bridgehead atoms. The second kappa shape index (κ2) is 11.7. The lowest BCUT2D eigenvalue weighted by atomic mass is 9.87. The smallest absolute Gasteiger partial charge is 0.261 e. The molecule has 180 valence electrons. The van der Waals surface area contributed by atoms with E-state index in [4.69, 9.17) is 4.74 Å². The van der Waals surface area contributed by atoms with Gasteiger partial charge in [-0.3, -0.25) is 9.59 Å². The summed E-state index contributed by atoms with van der Waals surface area (Å²) in [5, 5.41) is 2.94. The molecule has 2 aromatic carbocycles. The number of halogens is 1. The fourth-order valence-corrected chi connectivity index (χ4v) is 3.84. The second-order valence-corrected chi connectivity index (χ2v) is 10.9. The third kappa shape index (κ3) is 8.18. The number of amides is 2. The average molecular weight is 518 g/mol. The predicted octanol–water partition coefficient (Wildman–Crippen LogP) is 5.62. The summed E-state index contributed by atoms with van der Waals surface area (Å²) in [5.41, 5.74) is 3.27. The molecule has 33 heavy (non-hydrogen) atoms. The number of carbonyl (C=O) groups is 2. The van der Waals surface area contributed by atoms with Crippen molar-refractivity contribution in [1.29, 1.82) is 0 Å². The van der Waals surface area contributed by atoms with E-state index in [9.17, 15) is 9.59 Å². The van der Waals surface area contributed by atoms with Gasteiger partial charge in [-0.25, -0.2) is 0 Å². The maximum Gasteiger partial charge on any atom is 0.261 e. The van der Waals surface area contributed by atoms with Crippen LogP contribution in [0.5, 0.6) is 5.75 Å². The summed E-state index contributed by atoms with van der Waals surface area (Å²) in [6, 6.07) is 13.3. The fourth-order valence-electron chi connectivity index (χ4n) is 3.35. The van der Waals surface area contributed by atoms with Crippen LogP contribution in [0.2, 0.25) is 0 Å². The molecule has 1 atom stereocenters. The van der Waals surface area contributed by atoms with Crippen molar-refractivity contribution in [3.8, 4) is 5.75 Å². The first-order valence-electron chi connectivity index (χ1n) is 11.4. The Morgan fingerprint density at radius 3 is 2.36 bits per heavy atom. The summed E-state index contributed by atoms with van der Waals surface area (Å²) in [4.78, 5) is 27.6. The van der Waals surface area contributed by atoms with Crippen LogP contribution in [0.1, 0.15) is 58.2 Å². The highest BCUT2D eigenvalue weighted by molar-refractivity contribution is 9.10. The van der Waals surface area contributed by atoms with Gasteiger partial charge in [0.2, 0.25) is 5.91 Å². The van der Waals surface area contributed by atoms with Gasteiger partial charge in [0, 0.05) is 13.1 Å². The summed E-state index contributed by atoms with van der Waals surface area (Å²) in [5.74, 6) is 0.526. The molecular weight excluding hydrogens is 480 g/mol. The maximum absolute atomic E-state index is 13.2. The Bertz CT molecular complexity index is 966. The van der Waals surface area contributed by atoms with Crippen molar-refractivity contribution in [2.24, 2.45) is 5.92 Å². The van der Waals surface area contributed by atoms with E-state index in [1.54, 1.807) is 11.8 Å². The number of hydrogen-bond donors (Lipinski definition) is 1. The third-order valence-corrected chi connectivity index (χ3v) is 6.06. The van der Waals surface area contributed by atoms with Crippen LogP contribution in [0.3, 0.4) is 0 Å². The summed E-state index contributed by atoms with van der Waals surface area (Å²) >= 11 is 3.56. The number of benzene rings is 2. The van der Waals surface area contributed by atoms with Crippen LogP contribution in [-0.2, 0) is 21.5 Å². The second-order valence-electron chi connectivity index (χ2n) is 10.0. The van der Waals surface area contributed by atoms with Crippen LogP contribution in [0, 0.1) is 12.8 Å². The van der Waals surface area contributed by atoms with Crippen molar-refractivity contribution in [3.05, 3.63) is 63.6 Å². The van der Waals surface area contributed by atoms with Gasteiger partial charge < -0.3 is 15.0 Å². The van der Waals surface area contributed by atoms with Crippen LogP contribution in [0.25, 0.3) is 0 Å². The van der Waals surface area contributed by atoms with Crippen LogP contribution in [0.4, 0.5) is 0 Å². The fraction of sp³-hybridized carbons (Fsp3) is 0.481. The van der Waals surface area contributed by atoms with Gasteiger partial charge in [-0.15, -0.1) is 0 Å². The molecule has 0 aliphatic carbocycles. The molecule has 0 unspecified atom stereocenters. The standard InChI is InChI=1S/C27H37BrN2O3/c1-18(2)15-29-26(32)20(4)30(16-21-10-8-9-19(3)13-21)25(31)17-33-24-12-11-22(14-23(24)28)27(5,6)7/h8-14,18,20H,15-17H2,1-7H3,(H,29,32)/t20-/m0/s1. The SMILES string of the molecule is Cc1cccc(CN(C(=O)COc2ccc(C(C)(C)C)cc2Br)[C@@H](C)C(=O)NCC(C)C)c1. The predicted molar refractivity (Wildman–Crippen MR) is 137 cm³/mol. The van der Waals surface area contributed by atoms with Gasteiger partial charge >= 0.3 is 0 Å². The van der Waals surface area contributed by atoms with E-state index in [0.717, 1.165) is 15.6 Å². The largest absolute Gasteiger partial charge is 0.483 e. The molecule has 0 saturated heterocycles. The maximum atomic E-state index is 13.2. The number of carbonyl (C=O) groups excluding carboxylic acids is 2. The Labute approximate surface area is 207 Å². The molecule has 0 saturated carbocycles. The number of ether oxygens (including phenoxy) is 1. The lowest BCUT2D eigenvalue weighted by Crippen LogP contribution is -2.49. The number of rotatable bonds is 9. The van der Waals surface area contributed by atoms with E-state index >= 15 is 0 Å². The topological polar surface area (TPSA) is 58.6 Å². The first-order valence-corrected chi connectivity index (χ1v) is 12.2. The monoisotopic (exact) mass is 516 g/mol. The Hall–Kier alpha value is -2.34. The minimum Gasteiger partial charge on any atom is -0.483 e. The van der Waals surface area contributed by atoms with E-state index in [1.165, 1.54) is 5.56 Å². The molecule has 5 nitrogen and oxygen atoms in total. The first-order chi connectivity index (χ1) is 15.4. The summed E-state index contributed by atoms with van der Waals surface area (Å²) in [6.45, 7) is 15.0. The van der Waals surface area contributed by atoms with Crippen LogP contribution >= 0.6 is 15.9 Å². The lowest BCUT2D eigenvalue weighted by Gasteiger charge is -2.29. The number of hydrogen-bond acceptors (Lipinski definition) is 3. The van der Waals surface area contributed by atoms with Gasteiger partial charge in [-0.2, -0.15) is 0 Å². The average Bonchev–Trinajstić information content (AvgIpc) is 2.73. The highest BCUT2D eigenvalue weighted by atomic mass is 79.9.